The van der Waals surface area contributed by atoms with Gasteiger partial charge in [0.2, 0.25) is 5.78 Å². The molecule has 2 aliphatic rings. The van der Waals surface area contributed by atoms with E-state index in [1.165, 1.54) is 33.5 Å². The number of allylic oxidation sites excluding steroid dienone is 4. The third-order valence-electron chi connectivity index (χ3n) is 10.8. The van der Waals surface area contributed by atoms with Crippen molar-refractivity contribution < 1.29 is 0 Å². The summed E-state index contributed by atoms with van der Waals surface area (Å²) in [6.45, 7) is 8.04. The van der Waals surface area contributed by atoms with Crippen molar-refractivity contribution in [3.8, 4) is 27.9 Å². The van der Waals surface area contributed by atoms with E-state index in [2.05, 4.69) is 154 Å². The molecule has 5 nitrogen and oxygen atoms in total. The third kappa shape index (κ3) is 3.22. The standard InChI is InChI=1S/C45H29N5/c1-3-13-30(4-2)48-41-25-23-29(27-42(41)50-39-21-12-10-19-36(39)47-44(48)50)28-22-24-40-37(26-28)46-43-45(35-18-9-11-20-38(35)49(40)43)33-16-7-5-14-31(33)32-15-6-8-17-34(32)45/h3-27H,1-2H2/b30-13+. The van der Waals surface area contributed by atoms with E-state index in [0.29, 0.717) is 0 Å². The van der Waals surface area contributed by atoms with Gasteiger partial charge in [-0.05, 0) is 93.6 Å². The zero-order valence-corrected chi connectivity index (χ0v) is 27.1. The molecule has 0 radical (unpaired) electrons. The summed E-state index contributed by atoms with van der Waals surface area (Å²) in [7, 11) is 0. The van der Waals surface area contributed by atoms with Crippen LogP contribution in [0.3, 0.4) is 0 Å². The molecule has 1 spiro atoms. The Morgan fingerprint density at radius 1 is 0.580 bits per heavy atom. The summed E-state index contributed by atoms with van der Waals surface area (Å²) in [6, 6.07) is 48.2. The van der Waals surface area contributed by atoms with Crippen LogP contribution in [-0.2, 0) is 5.41 Å². The van der Waals surface area contributed by atoms with Gasteiger partial charge in [-0.1, -0.05) is 110 Å². The molecule has 11 rings (SSSR count). The highest BCUT2D eigenvalue weighted by Crippen LogP contribution is 2.60. The molecule has 234 valence electrons. The second-order valence-electron chi connectivity index (χ2n) is 13.1. The monoisotopic (exact) mass is 639 g/mol. The second kappa shape index (κ2) is 9.68. The van der Waals surface area contributed by atoms with Crippen molar-refractivity contribution in [2.45, 2.75) is 5.41 Å². The fraction of sp³-hybridized carbons (Fsp3) is 0.0222. The maximum absolute atomic E-state index is 5.55. The van der Waals surface area contributed by atoms with Crippen LogP contribution in [0.4, 0.5) is 0 Å². The Morgan fingerprint density at radius 3 is 2.00 bits per heavy atom. The first-order valence-electron chi connectivity index (χ1n) is 16.9. The molecule has 6 aromatic carbocycles. The van der Waals surface area contributed by atoms with E-state index in [-0.39, 0.29) is 0 Å². The summed E-state index contributed by atoms with van der Waals surface area (Å²) < 4.78 is 6.79. The van der Waals surface area contributed by atoms with Crippen molar-refractivity contribution in [2.75, 3.05) is 0 Å². The molecular weight excluding hydrogens is 611 g/mol. The van der Waals surface area contributed by atoms with Crippen molar-refractivity contribution in [2.24, 2.45) is 0 Å². The maximum Gasteiger partial charge on any atom is 0.220 e. The predicted octanol–water partition coefficient (Wildman–Crippen LogP) is 10.3. The van der Waals surface area contributed by atoms with Gasteiger partial charge in [0.1, 0.15) is 11.2 Å². The molecular formula is C45H29N5. The van der Waals surface area contributed by atoms with Crippen LogP contribution in [-0.4, -0.2) is 23.5 Å². The van der Waals surface area contributed by atoms with E-state index in [0.717, 1.165) is 61.5 Å². The number of aromatic nitrogens is 5. The fourth-order valence-corrected chi connectivity index (χ4v) is 8.82. The highest BCUT2D eigenvalue weighted by Gasteiger charge is 2.54. The molecule has 5 heteroatoms. The molecule has 1 aliphatic carbocycles. The molecule has 0 unspecified atom stereocenters. The zero-order chi connectivity index (χ0) is 33.1. The lowest BCUT2D eigenvalue weighted by Crippen LogP contribution is -2.27. The molecule has 0 saturated carbocycles. The highest BCUT2D eigenvalue weighted by atomic mass is 15.2. The summed E-state index contributed by atoms with van der Waals surface area (Å²) in [5.41, 5.74) is 16.5. The van der Waals surface area contributed by atoms with Crippen LogP contribution in [0.5, 0.6) is 0 Å². The Balaban J connectivity index is 1.16. The average molecular weight is 640 g/mol. The number of fused-ring (bicyclic) bond motifs is 17. The van der Waals surface area contributed by atoms with Crippen molar-refractivity contribution in [3.05, 3.63) is 187 Å². The van der Waals surface area contributed by atoms with E-state index in [4.69, 9.17) is 9.97 Å². The first-order chi connectivity index (χ1) is 24.7. The fourth-order valence-electron chi connectivity index (χ4n) is 8.82. The van der Waals surface area contributed by atoms with Gasteiger partial charge in [-0.2, -0.15) is 0 Å². The quantitative estimate of drug-likeness (QED) is 0.180. The summed E-state index contributed by atoms with van der Waals surface area (Å²) in [5.74, 6) is 1.89. The van der Waals surface area contributed by atoms with Crippen molar-refractivity contribution in [3.63, 3.8) is 0 Å². The van der Waals surface area contributed by atoms with Gasteiger partial charge in [0.05, 0.1) is 38.8 Å². The van der Waals surface area contributed by atoms with Crippen LogP contribution in [0.1, 0.15) is 22.5 Å². The largest absolute Gasteiger partial charge is 0.295 e. The van der Waals surface area contributed by atoms with Gasteiger partial charge >= 0.3 is 0 Å². The van der Waals surface area contributed by atoms with Gasteiger partial charge in [0, 0.05) is 5.70 Å². The number of hydrogen-bond acceptors (Lipinski definition) is 2. The van der Waals surface area contributed by atoms with E-state index in [1.807, 2.05) is 18.2 Å². The Bertz CT molecular complexity index is 2940. The Hall–Kier alpha value is -6.72. The molecule has 50 heavy (non-hydrogen) atoms. The van der Waals surface area contributed by atoms with E-state index in [9.17, 15) is 0 Å². The molecule has 3 aromatic heterocycles. The molecule has 4 heterocycles. The molecule has 0 fully saturated rings. The summed E-state index contributed by atoms with van der Waals surface area (Å²) in [6.07, 6.45) is 5.61. The van der Waals surface area contributed by atoms with Gasteiger partial charge in [-0.25, -0.2) is 9.97 Å². The lowest BCUT2D eigenvalue weighted by atomic mass is 9.73. The van der Waals surface area contributed by atoms with Crippen LogP contribution in [0.25, 0.3) is 72.5 Å². The van der Waals surface area contributed by atoms with E-state index >= 15 is 0 Å². The summed E-state index contributed by atoms with van der Waals surface area (Å²) >= 11 is 0. The van der Waals surface area contributed by atoms with E-state index < -0.39 is 5.41 Å². The molecule has 0 bridgehead atoms. The number of nitrogens with zero attached hydrogens (tertiary/aromatic N) is 5. The lowest BCUT2D eigenvalue weighted by Gasteiger charge is -2.27. The van der Waals surface area contributed by atoms with Gasteiger partial charge < -0.3 is 0 Å². The Morgan fingerprint density at radius 2 is 1.24 bits per heavy atom. The Kier molecular flexibility index (Phi) is 5.28. The molecule has 9 aromatic rings. The normalized spacial score (nSPS) is 14.0. The second-order valence-corrected chi connectivity index (χ2v) is 13.1. The molecule has 0 saturated heterocycles. The third-order valence-corrected chi connectivity index (χ3v) is 10.8. The van der Waals surface area contributed by atoms with Crippen molar-refractivity contribution >= 4 is 44.6 Å². The summed E-state index contributed by atoms with van der Waals surface area (Å²) in [5, 5.41) is 0. The van der Waals surface area contributed by atoms with Crippen LogP contribution >= 0.6 is 0 Å². The zero-order valence-electron chi connectivity index (χ0n) is 27.1. The minimum Gasteiger partial charge on any atom is -0.295 e. The van der Waals surface area contributed by atoms with Crippen molar-refractivity contribution in [1.29, 1.82) is 0 Å². The summed E-state index contributed by atoms with van der Waals surface area (Å²) in [4.78, 5) is 10.6. The predicted molar refractivity (Wildman–Crippen MR) is 204 cm³/mol. The lowest BCUT2D eigenvalue weighted by molar-refractivity contribution is 0.738. The maximum atomic E-state index is 5.55. The smallest absolute Gasteiger partial charge is 0.220 e. The van der Waals surface area contributed by atoms with Crippen LogP contribution < -0.4 is 0 Å². The molecule has 1 aliphatic heterocycles. The molecule has 0 atom stereocenters. The first-order valence-corrected chi connectivity index (χ1v) is 16.9. The van der Waals surface area contributed by atoms with Crippen LogP contribution in [0.15, 0.2) is 165 Å². The number of rotatable bonds is 4. The SMILES string of the molecule is C=C/C=C(\C=C)n1c2ccc(-c3ccc4c(c3)nc3n4-c4ccccc4C34c3ccccc3-c3ccccc34)cc2n2c3ccccc3nc12. The number of para-hydroxylation sites is 3. The van der Waals surface area contributed by atoms with Gasteiger partial charge in [-0.15, -0.1) is 0 Å². The number of hydrogen-bond donors (Lipinski definition) is 0. The van der Waals surface area contributed by atoms with Crippen LogP contribution in [0.2, 0.25) is 0 Å². The number of imidazole rings is 3. The minimum absolute atomic E-state index is 0.485. The van der Waals surface area contributed by atoms with Gasteiger partial charge in [-0.3, -0.25) is 13.5 Å². The van der Waals surface area contributed by atoms with Gasteiger partial charge in [0.15, 0.2) is 0 Å². The first kappa shape index (κ1) is 27.3. The highest BCUT2D eigenvalue weighted by molar-refractivity contribution is 5.97. The minimum atomic E-state index is -0.485. The van der Waals surface area contributed by atoms with E-state index in [1.54, 1.807) is 6.08 Å². The topological polar surface area (TPSA) is 40.0 Å². The van der Waals surface area contributed by atoms with Crippen LogP contribution in [0, 0.1) is 0 Å². The Labute approximate surface area is 288 Å². The average Bonchev–Trinajstić information content (AvgIpc) is 3.94. The number of benzene rings is 6. The van der Waals surface area contributed by atoms with Crippen molar-refractivity contribution in [1.82, 2.24) is 23.5 Å². The molecule has 0 N–H and O–H groups in total. The molecule has 0 amide bonds. The van der Waals surface area contributed by atoms with Gasteiger partial charge in [0.25, 0.3) is 0 Å².